The Morgan fingerprint density at radius 3 is 3.08 bits per heavy atom. The first-order valence-electron chi connectivity index (χ1n) is 3.37. The highest BCUT2D eigenvalue weighted by molar-refractivity contribution is 8.00. The number of methoxy groups -OCH3 is 1. The summed E-state index contributed by atoms with van der Waals surface area (Å²) in [5.74, 6) is 0. The molecule has 1 aliphatic rings. The fourth-order valence-electron chi connectivity index (χ4n) is 0.589. The maximum Gasteiger partial charge on any atom is 0.429 e. The molecular formula is C6H10N2O3S. The molecule has 1 rings (SSSR count). The number of nitrogens with one attached hydrogen (secondary N) is 1. The number of ether oxygens (including phenoxy) is 2. The van der Waals surface area contributed by atoms with Crippen molar-refractivity contribution < 1.29 is 14.3 Å². The van der Waals surface area contributed by atoms with Crippen LogP contribution in [-0.4, -0.2) is 31.4 Å². The molecule has 6 heteroatoms. The zero-order chi connectivity index (χ0) is 8.81. The van der Waals surface area contributed by atoms with Crippen molar-refractivity contribution in [3.8, 4) is 0 Å². The van der Waals surface area contributed by atoms with Gasteiger partial charge >= 0.3 is 6.09 Å². The molecule has 1 amide bonds. The average molecular weight is 190 g/mol. The molecule has 0 aromatic rings. The van der Waals surface area contributed by atoms with Gasteiger partial charge in [-0.25, -0.2) is 9.80 Å². The van der Waals surface area contributed by atoms with Gasteiger partial charge < -0.3 is 9.47 Å². The largest absolute Gasteiger partial charge is 0.446 e. The molecule has 0 spiro atoms. The predicted molar refractivity (Wildman–Crippen MR) is 44.9 cm³/mol. The fraction of sp³-hybridized carbons (Fsp3) is 0.500. The first kappa shape index (κ1) is 9.37. The summed E-state index contributed by atoms with van der Waals surface area (Å²) < 4.78 is 9.52. The van der Waals surface area contributed by atoms with E-state index in [2.05, 4.69) is 4.83 Å². The molecular weight excluding hydrogens is 180 g/mol. The summed E-state index contributed by atoms with van der Waals surface area (Å²) in [5.41, 5.74) is 0. The lowest BCUT2D eigenvalue weighted by atomic mass is 10.8. The van der Waals surface area contributed by atoms with E-state index in [1.807, 2.05) is 0 Å². The molecule has 0 aromatic carbocycles. The number of hydrazine groups is 1. The van der Waals surface area contributed by atoms with Gasteiger partial charge in [0.15, 0.2) is 0 Å². The maximum atomic E-state index is 11.0. The van der Waals surface area contributed by atoms with Crippen LogP contribution in [0.1, 0.15) is 0 Å². The molecule has 0 radical (unpaired) electrons. The van der Waals surface area contributed by atoms with Crippen molar-refractivity contribution in [2.75, 3.05) is 20.3 Å². The van der Waals surface area contributed by atoms with Crippen molar-refractivity contribution in [3.63, 3.8) is 0 Å². The van der Waals surface area contributed by atoms with Crippen LogP contribution in [0.5, 0.6) is 0 Å². The van der Waals surface area contributed by atoms with Gasteiger partial charge in [-0.3, -0.25) is 0 Å². The summed E-state index contributed by atoms with van der Waals surface area (Å²) in [4.78, 5) is 13.7. The summed E-state index contributed by atoms with van der Waals surface area (Å²) in [7, 11) is 1.55. The van der Waals surface area contributed by atoms with Crippen molar-refractivity contribution >= 4 is 18.0 Å². The molecule has 1 aliphatic heterocycles. The van der Waals surface area contributed by atoms with Crippen LogP contribution in [0.15, 0.2) is 11.6 Å². The van der Waals surface area contributed by atoms with Gasteiger partial charge in [-0.2, -0.15) is 4.83 Å². The van der Waals surface area contributed by atoms with Gasteiger partial charge in [-0.15, -0.1) is 0 Å². The third-order valence-electron chi connectivity index (χ3n) is 1.14. The second-order valence-corrected chi connectivity index (χ2v) is 2.66. The van der Waals surface area contributed by atoms with E-state index in [-0.39, 0.29) is 6.61 Å². The Labute approximate surface area is 74.8 Å². The quantitative estimate of drug-likeness (QED) is 0.524. The molecule has 1 heterocycles. The van der Waals surface area contributed by atoms with Gasteiger partial charge in [0.25, 0.3) is 0 Å². The minimum absolute atomic E-state index is 0.270. The number of hydrogen-bond donors (Lipinski definition) is 1. The van der Waals surface area contributed by atoms with Crippen molar-refractivity contribution in [2.45, 2.75) is 0 Å². The van der Waals surface area contributed by atoms with Gasteiger partial charge in [-0.05, 0) is 11.9 Å². The van der Waals surface area contributed by atoms with Crippen LogP contribution < -0.4 is 4.83 Å². The van der Waals surface area contributed by atoms with Crippen LogP contribution >= 0.6 is 11.9 Å². The molecule has 0 atom stereocenters. The number of carbonyl (C=O) groups excluding carboxylic acids is 1. The Bertz CT molecular complexity index is 186. The second-order valence-electron chi connectivity index (χ2n) is 1.97. The van der Waals surface area contributed by atoms with E-state index in [1.54, 1.807) is 18.7 Å². The number of amides is 1. The third kappa shape index (κ3) is 2.72. The second kappa shape index (κ2) is 5.02. The van der Waals surface area contributed by atoms with Gasteiger partial charge in [0.2, 0.25) is 0 Å². The van der Waals surface area contributed by atoms with Crippen molar-refractivity contribution in [1.82, 2.24) is 9.84 Å². The van der Waals surface area contributed by atoms with Crippen LogP contribution in [0.2, 0.25) is 0 Å². The maximum absolute atomic E-state index is 11.0. The molecule has 0 unspecified atom stereocenters. The SMILES string of the molecule is COCCOC(=O)N1C=CSN1. The molecule has 0 aliphatic carbocycles. The topological polar surface area (TPSA) is 50.8 Å². The summed E-state index contributed by atoms with van der Waals surface area (Å²) >= 11 is 1.31. The molecule has 0 saturated heterocycles. The molecule has 0 aromatic heterocycles. The first-order valence-corrected chi connectivity index (χ1v) is 4.25. The van der Waals surface area contributed by atoms with Gasteiger partial charge in [-0.1, -0.05) is 0 Å². The smallest absolute Gasteiger partial charge is 0.429 e. The Morgan fingerprint density at radius 1 is 1.67 bits per heavy atom. The minimum atomic E-state index is -0.423. The van der Waals surface area contributed by atoms with Crippen molar-refractivity contribution in [1.29, 1.82) is 0 Å². The third-order valence-corrected chi connectivity index (χ3v) is 1.70. The zero-order valence-electron chi connectivity index (χ0n) is 6.65. The number of hydrogen-bond acceptors (Lipinski definition) is 5. The normalized spacial score (nSPS) is 15.2. The Morgan fingerprint density at radius 2 is 2.50 bits per heavy atom. The van der Waals surface area contributed by atoms with Crippen molar-refractivity contribution in [3.05, 3.63) is 11.6 Å². The molecule has 0 saturated carbocycles. The van der Waals surface area contributed by atoms with Crippen LogP contribution in [0.25, 0.3) is 0 Å². The first-order chi connectivity index (χ1) is 5.84. The summed E-state index contributed by atoms with van der Waals surface area (Å²) in [5, 5.41) is 3.01. The van der Waals surface area contributed by atoms with Gasteiger partial charge in [0, 0.05) is 18.7 Å². The van der Waals surface area contributed by atoms with E-state index in [4.69, 9.17) is 9.47 Å². The molecule has 1 N–H and O–H groups in total. The van der Waals surface area contributed by atoms with E-state index < -0.39 is 6.09 Å². The highest BCUT2D eigenvalue weighted by atomic mass is 32.2. The van der Waals surface area contributed by atoms with Crippen molar-refractivity contribution in [2.24, 2.45) is 0 Å². The van der Waals surface area contributed by atoms with Crippen LogP contribution in [0.4, 0.5) is 4.79 Å². The van der Waals surface area contributed by atoms with Crippen LogP contribution in [0, 0.1) is 0 Å². The lowest BCUT2D eigenvalue weighted by Gasteiger charge is -2.12. The van der Waals surface area contributed by atoms with E-state index in [0.717, 1.165) is 0 Å². The predicted octanol–water partition coefficient (Wildman–Crippen LogP) is 0.709. The highest BCUT2D eigenvalue weighted by Gasteiger charge is 2.14. The Kier molecular flexibility index (Phi) is 3.92. The molecule has 68 valence electrons. The Balaban J connectivity index is 2.14. The summed E-state index contributed by atoms with van der Waals surface area (Å²) in [6.07, 6.45) is 1.17. The van der Waals surface area contributed by atoms with Crippen LogP contribution in [-0.2, 0) is 9.47 Å². The Hall–Kier alpha value is -0.720. The number of nitrogens with zero attached hydrogens (tertiary/aromatic N) is 1. The minimum Gasteiger partial charge on any atom is -0.446 e. The molecule has 5 nitrogen and oxygen atoms in total. The fourth-order valence-corrected chi connectivity index (χ4v) is 1.08. The highest BCUT2D eigenvalue weighted by Crippen LogP contribution is 2.08. The molecule has 12 heavy (non-hydrogen) atoms. The number of rotatable bonds is 3. The monoisotopic (exact) mass is 190 g/mol. The van der Waals surface area contributed by atoms with E-state index in [0.29, 0.717) is 6.61 Å². The lowest BCUT2D eigenvalue weighted by Crippen LogP contribution is -2.32. The van der Waals surface area contributed by atoms with Gasteiger partial charge in [0.05, 0.1) is 6.61 Å². The standard InChI is InChI=1S/C6H10N2O3S/c1-10-3-4-11-6(9)8-2-5-12-7-8/h2,5,7H,3-4H2,1H3. The van der Waals surface area contributed by atoms with E-state index in [9.17, 15) is 4.79 Å². The van der Waals surface area contributed by atoms with Crippen LogP contribution in [0.3, 0.4) is 0 Å². The van der Waals surface area contributed by atoms with Gasteiger partial charge in [0.1, 0.15) is 6.61 Å². The summed E-state index contributed by atoms with van der Waals surface area (Å²) in [6.45, 7) is 0.683. The average Bonchev–Trinajstić information content (AvgIpc) is 2.56. The molecule has 0 fully saturated rings. The number of carbonyl (C=O) groups is 1. The lowest BCUT2D eigenvalue weighted by molar-refractivity contribution is 0.0787. The zero-order valence-corrected chi connectivity index (χ0v) is 7.47. The van der Waals surface area contributed by atoms with E-state index in [1.165, 1.54) is 17.0 Å². The molecule has 0 bridgehead atoms. The van der Waals surface area contributed by atoms with E-state index >= 15 is 0 Å². The summed E-state index contributed by atoms with van der Waals surface area (Å²) in [6, 6.07) is 0.